The van der Waals surface area contributed by atoms with Crippen LogP contribution in [0.5, 0.6) is 5.75 Å². The maximum absolute atomic E-state index is 11.1. The molecule has 1 aromatic rings. The maximum atomic E-state index is 11.1. The number of para-hydroxylation sites is 1. The van der Waals surface area contributed by atoms with E-state index in [-0.39, 0.29) is 17.9 Å². The average molecular weight is 205 g/mol. The lowest BCUT2D eigenvalue weighted by molar-refractivity contribution is -0.118. The topological polar surface area (TPSA) is 38.3 Å². The van der Waals surface area contributed by atoms with E-state index in [0.717, 1.165) is 18.7 Å². The Labute approximate surface area is 89.4 Å². The number of carbonyl (C=O) groups is 1. The van der Waals surface area contributed by atoms with E-state index in [1.807, 2.05) is 30.3 Å². The highest BCUT2D eigenvalue weighted by Crippen LogP contribution is 2.16. The second-order valence-corrected chi connectivity index (χ2v) is 3.86. The van der Waals surface area contributed by atoms with Crippen molar-refractivity contribution in [3.8, 4) is 5.75 Å². The molecule has 1 aliphatic heterocycles. The third-order valence-electron chi connectivity index (χ3n) is 2.63. The molecule has 1 saturated heterocycles. The highest BCUT2D eigenvalue weighted by Gasteiger charge is 2.28. The molecule has 0 aliphatic carbocycles. The van der Waals surface area contributed by atoms with Gasteiger partial charge in [0.2, 0.25) is 0 Å². The van der Waals surface area contributed by atoms with E-state index in [2.05, 4.69) is 5.32 Å². The van der Waals surface area contributed by atoms with Crippen LogP contribution in [-0.2, 0) is 4.79 Å². The highest BCUT2D eigenvalue weighted by molar-refractivity contribution is 5.81. The molecule has 2 atom stereocenters. The molecule has 15 heavy (non-hydrogen) atoms. The minimum Gasteiger partial charge on any atom is -0.489 e. The summed E-state index contributed by atoms with van der Waals surface area (Å²) in [6, 6.07) is 9.68. The van der Waals surface area contributed by atoms with Gasteiger partial charge in [0.05, 0.1) is 6.04 Å². The number of benzene rings is 1. The normalized spacial score (nSPS) is 25.1. The molecule has 1 N–H and O–H groups in total. The summed E-state index contributed by atoms with van der Waals surface area (Å²) in [6.07, 6.45) is 0.880. The van der Waals surface area contributed by atoms with Crippen LogP contribution >= 0.6 is 0 Å². The van der Waals surface area contributed by atoms with Crippen LogP contribution in [0.3, 0.4) is 0 Å². The van der Waals surface area contributed by atoms with Gasteiger partial charge < -0.3 is 10.1 Å². The standard InChI is InChI=1S/C12H15NO2/c1-9(14)12-7-11(8-13-12)15-10-5-3-2-4-6-10/h2-6,11-13H,7-8H2,1H3/t11-,12-/m0/s1. The first-order chi connectivity index (χ1) is 7.25. The van der Waals surface area contributed by atoms with Gasteiger partial charge in [0.1, 0.15) is 17.6 Å². The second kappa shape index (κ2) is 4.45. The van der Waals surface area contributed by atoms with Gasteiger partial charge in [-0.25, -0.2) is 0 Å². The second-order valence-electron chi connectivity index (χ2n) is 3.86. The van der Waals surface area contributed by atoms with Gasteiger partial charge in [-0.2, -0.15) is 0 Å². The Kier molecular flexibility index (Phi) is 3.02. The first-order valence-electron chi connectivity index (χ1n) is 5.21. The molecule has 3 nitrogen and oxygen atoms in total. The molecule has 0 aromatic heterocycles. The van der Waals surface area contributed by atoms with Crippen LogP contribution in [0.2, 0.25) is 0 Å². The number of hydrogen-bond acceptors (Lipinski definition) is 3. The van der Waals surface area contributed by atoms with Gasteiger partial charge in [0.25, 0.3) is 0 Å². The summed E-state index contributed by atoms with van der Waals surface area (Å²) in [5, 5.41) is 3.15. The number of hydrogen-bond donors (Lipinski definition) is 1. The number of rotatable bonds is 3. The van der Waals surface area contributed by atoms with Crippen LogP contribution in [0.4, 0.5) is 0 Å². The first kappa shape index (κ1) is 10.2. The zero-order valence-electron chi connectivity index (χ0n) is 8.77. The van der Waals surface area contributed by atoms with Gasteiger partial charge in [0, 0.05) is 13.0 Å². The highest BCUT2D eigenvalue weighted by atomic mass is 16.5. The largest absolute Gasteiger partial charge is 0.489 e. The van der Waals surface area contributed by atoms with E-state index in [0.29, 0.717) is 0 Å². The minimum absolute atomic E-state index is 0.0290. The molecule has 0 bridgehead atoms. The Bertz CT molecular complexity index is 337. The van der Waals surface area contributed by atoms with Crippen LogP contribution in [0, 0.1) is 0 Å². The number of nitrogens with one attached hydrogen (secondary N) is 1. The molecule has 0 amide bonds. The van der Waals surface area contributed by atoms with Gasteiger partial charge in [0.15, 0.2) is 0 Å². The summed E-state index contributed by atoms with van der Waals surface area (Å²) >= 11 is 0. The summed E-state index contributed by atoms with van der Waals surface area (Å²) < 4.78 is 5.74. The van der Waals surface area contributed by atoms with Crippen molar-refractivity contribution in [2.45, 2.75) is 25.5 Å². The lowest BCUT2D eigenvalue weighted by Crippen LogP contribution is -2.28. The summed E-state index contributed by atoms with van der Waals surface area (Å²) in [5.41, 5.74) is 0. The molecule has 0 saturated carbocycles. The lowest BCUT2D eigenvalue weighted by Gasteiger charge is -2.12. The Hall–Kier alpha value is -1.35. The van der Waals surface area contributed by atoms with Crippen LogP contribution in [0.1, 0.15) is 13.3 Å². The monoisotopic (exact) mass is 205 g/mol. The molecule has 3 heteroatoms. The van der Waals surface area contributed by atoms with Crippen molar-refractivity contribution < 1.29 is 9.53 Å². The van der Waals surface area contributed by atoms with E-state index < -0.39 is 0 Å². The summed E-state index contributed by atoms with van der Waals surface area (Å²) in [4.78, 5) is 11.1. The van der Waals surface area contributed by atoms with Gasteiger partial charge >= 0.3 is 0 Å². The van der Waals surface area contributed by atoms with Crippen molar-refractivity contribution in [1.29, 1.82) is 0 Å². The molecular weight excluding hydrogens is 190 g/mol. The van der Waals surface area contributed by atoms with E-state index in [1.165, 1.54) is 0 Å². The Morgan fingerprint density at radius 2 is 2.13 bits per heavy atom. The third-order valence-corrected chi connectivity index (χ3v) is 2.63. The fourth-order valence-corrected chi connectivity index (χ4v) is 1.79. The summed E-state index contributed by atoms with van der Waals surface area (Å²) in [6.45, 7) is 2.36. The number of ketones is 1. The average Bonchev–Trinajstić information content (AvgIpc) is 2.68. The van der Waals surface area contributed by atoms with Crippen molar-refractivity contribution in [3.63, 3.8) is 0 Å². The fraction of sp³-hybridized carbons (Fsp3) is 0.417. The molecule has 2 rings (SSSR count). The van der Waals surface area contributed by atoms with Crippen LogP contribution in [-0.4, -0.2) is 24.5 Å². The van der Waals surface area contributed by atoms with Crippen molar-refractivity contribution in [2.24, 2.45) is 0 Å². The zero-order chi connectivity index (χ0) is 10.7. The van der Waals surface area contributed by atoms with E-state index in [9.17, 15) is 4.79 Å². The van der Waals surface area contributed by atoms with Gasteiger partial charge in [-0.05, 0) is 19.1 Å². The van der Waals surface area contributed by atoms with E-state index in [4.69, 9.17) is 4.74 Å². The van der Waals surface area contributed by atoms with Gasteiger partial charge in [-0.3, -0.25) is 4.79 Å². The molecular formula is C12H15NO2. The number of ether oxygens (including phenoxy) is 1. The van der Waals surface area contributed by atoms with Crippen LogP contribution < -0.4 is 10.1 Å². The van der Waals surface area contributed by atoms with Crippen LogP contribution in [0.15, 0.2) is 30.3 Å². The summed E-state index contributed by atoms with van der Waals surface area (Å²) in [7, 11) is 0. The Morgan fingerprint density at radius 1 is 1.40 bits per heavy atom. The smallest absolute Gasteiger partial charge is 0.146 e. The molecule has 1 aliphatic rings. The SMILES string of the molecule is CC(=O)[C@@H]1C[C@H](Oc2ccccc2)CN1. The Morgan fingerprint density at radius 3 is 2.73 bits per heavy atom. The number of Topliss-reactive ketones (excluding diaryl/α,β-unsaturated/α-hetero) is 1. The molecule has 0 spiro atoms. The molecule has 80 valence electrons. The molecule has 1 aromatic carbocycles. The molecule has 1 heterocycles. The van der Waals surface area contributed by atoms with E-state index in [1.54, 1.807) is 6.92 Å². The molecule has 1 fully saturated rings. The number of carbonyl (C=O) groups excluding carboxylic acids is 1. The van der Waals surface area contributed by atoms with Gasteiger partial charge in [-0.15, -0.1) is 0 Å². The zero-order valence-corrected chi connectivity index (χ0v) is 8.77. The molecule has 0 radical (unpaired) electrons. The Balaban J connectivity index is 1.90. The van der Waals surface area contributed by atoms with Crippen molar-refractivity contribution in [3.05, 3.63) is 30.3 Å². The van der Waals surface area contributed by atoms with E-state index >= 15 is 0 Å². The van der Waals surface area contributed by atoms with Crippen LogP contribution in [0.25, 0.3) is 0 Å². The first-order valence-corrected chi connectivity index (χ1v) is 5.21. The van der Waals surface area contributed by atoms with Crippen molar-refractivity contribution in [2.75, 3.05) is 6.54 Å². The maximum Gasteiger partial charge on any atom is 0.146 e. The van der Waals surface area contributed by atoms with Gasteiger partial charge in [-0.1, -0.05) is 18.2 Å². The van der Waals surface area contributed by atoms with Crippen molar-refractivity contribution >= 4 is 5.78 Å². The molecule has 0 unspecified atom stereocenters. The quantitative estimate of drug-likeness (QED) is 0.810. The lowest BCUT2D eigenvalue weighted by atomic mass is 10.1. The summed E-state index contributed by atoms with van der Waals surface area (Å²) in [5.74, 6) is 1.06. The third kappa shape index (κ3) is 2.57. The predicted octanol–water partition coefficient (Wildman–Crippen LogP) is 1.38. The predicted molar refractivity (Wildman–Crippen MR) is 57.9 cm³/mol. The fourth-order valence-electron chi connectivity index (χ4n) is 1.79. The minimum atomic E-state index is -0.0290. The van der Waals surface area contributed by atoms with Crippen molar-refractivity contribution in [1.82, 2.24) is 5.32 Å².